The molecule has 4 heteroatoms. The predicted octanol–water partition coefficient (Wildman–Crippen LogP) is 2.33. The number of hydrogen-bond donors (Lipinski definition) is 1. The van der Waals surface area contributed by atoms with Crippen LogP contribution in [-0.4, -0.2) is 29.1 Å². The molecule has 0 aromatic heterocycles. The summed E-state index contributed by atoms with van der Waals surface area (Å²) in [6.07, 6.45) is 2.09. The van der Waals surface area contributed by atoms with Gasteiger partial charge in [0.05, 0.1) is 11.2 Å². The van der Waals surface area contributed by atoms with Crippen molar-refractivity contribution in [2.24, 2.45) is 0 Å². The Kier molecular flexibility index (Phi) is 8.93. The van der Waals surface area contributed by atoms with E-state index in [1.807, 2.05) is 30.4 Å². The van der Waals surface area contributed by atoms with E-state index in [1.54, 1.807) is 0 Å². The molecule has 10 heavy (non-hydrogen) atoms. The van der Waals surface area contributed by atoms with Crippen LogP contribution < -0.4 is 0 Å². The molecule has 0 saturated heterocycles. The van der Waals surface area contributed by atoms with Gasteiger partial charge in [-0.1, -0.05) is 0 Å². The van der Waals surface area contributed by atoms with Crippen molar-refractivity contribution in [1.29, 1.82) is 0 Å². The minimum absolute atomic E-state index is 0.340. The molecule has 0 amide bonds. The molecule has 0 aliphatic carbocycles. The van der Waals surface area contributed by atoms with Gasteiger partial charge in [0.25, 0.3) is 0 Å². The second-order valence-electron chi connectivity index (χ2n) is 1.69. The first-order chi connectivity index (χ1) is 4.81. The molecule has 0 bridgehead atoms. The SMILES string of the molecule is CCOCC(S)SCSC. The normalized spacial score (nSPS) is 13.5. The van der Waals surface area contributed by atoms with E-state index in [9.17, 15) is 0 Å². The van der Waals surface area contributed by atoms with E-state index in [4.69, 9.17) is 4.74 Å². The highest BCUT2D eigenvalue weighted by Crippen LogP contribution is 2.18. The second kappa shape index (κ2) is 8.11. The highest BCUT2D eigenvalue weighted by atomic mass is 32.2. The molecule has 1 nitrogen and oxygen atoms in total. The first-order valence-corrected chi connectivity index (χ1v) is 6.13. The third kappa shape index (κ3) is 7.12. The molecule has 0 spiro atoms. The molecule has 1 unspecified atom stereocenters. The van der Waals surface area contributed by atoms with E-state index in [1.165, 1.54) is 0 Å². The number of rotatable bonds is 6. The van der Waals surface area contributed by atoms with Crippen LogP contribution in [0, 0.1) is 0 Å². The lowest BCUT2D eigenvalue weighted by Crippen LogP contribution is -2.04. The van der Waals surface area contributed by atoms with E-state index < -0.39 is 0 Å². The van der Waals surface area contributed by atoms with Crippen molar-refractivity contribution in [3.63, 3.8) is 0 Å². The van der Waals surface area contributed by atoms with Gasteiger partial charge in [0.1, 0.15) is 0 Å². The third-order valence-corrected chi connectivity index (χ3v) is 3.45. The van der Waals surface area contributed by atoms with Gasteiger partial charge < -0.3 is 4.74 Å². The van der Waals surface area contributed by atoms with E-state index in [-0.39, 0.29) is 0 Å². The Hall–Kier alpha value is 1.01. The van der Waals surface area contributed by atoms with Gasteiger partial charge in [0, 0.05) is 11.7 Å². The molecule has 0 radical (unpaired) electrons. The lowest BCUT2D eigenvalue weighted by atomic mass is 10.8. The molecule has 1 atom stereocenters. The zero-order chi connectivity index (χ0) is 7.82. The van der Waals surface area contributed by atoms with Gasteiger partial charge >= 0.3 is 0 Å². The van der Waals surface area contributed by atoms with Gasteiger partial charge in [0.2, 0.25) is 0 Å². The van der Waals surface area contributed by atoms with Crippen molar-refractivity contribution < 1.29 is 4.74 Å². The smallest absolute Gasteiger partial charge is 0.0714 e. The zero-order valence-electron chi connectivity index (χ0n) is 6.37. The zero-order valence-corrected chi connectivity index (χ0v) is 8.90. The maximum absolute atomic E-state index is 5.19. The van der Waals surface area contributed by atoms with Crippen LogP contribution in [0.3, 0.4) is 0 Å². The van der Waals surface area contributed by atoms with Crippen molar-refractivity contribution in [2.45, 2.75) is 11.5 Å². The lowest BCUT2D eigenvalue weighted by molar-refractivity contribution is 0.160. The number of hydrogen-bond acceptors (Lipinski definition) is 4. The fourth-order valence-electron chi connectivity index (χ4n) is 0.413. The quantitative estimate of drug-likeness (QED) is 0.518. The molecule has 62 valence electrons. The Morgan fingerprint density at radius 2 is 2.30 bits per heavy atom. The Morgan fingerprint density at radius 3 is 2.80 bits per heavy atom. The fraction of sp³-hybridized carbons (Fsp3) is 1.00. The number of thioether (sulfide) groups is 2. The van der Waals surface area contributed by atoms with Crippen LogP contribution in [0.4, 0.5) is 0 Å². The van der Waals surface area contributed by atoms with Crippen molar-refractivity contribution in [1.82, 2.24) is 0 Å². The summed E-state index contributed by atoms with van der Waals surface area (Å²) in [5.41, 5.74) is 0. The van der Waals surface area contributed by atoms with Gasteiger partial charge in [-0.15, -0.1) is 11.8 Å². The molecule has 0 aliphatic heterocycles. The highest BCUT2D eigenvalue weighted by Gasteiger charge is 2.00. The van der Waals surface area contributed by atoms with Crippen LogP contribution in [0.5, 0.6) is 0 Å². The lowest BCUT2D eigenvalue weighted by Gasteiger charge is -2.08. The summed E-state index contributed by atoms with van der Waals surface area (Å²) < 4.78 is 5.53. The minimum atomic E-state index is 0.340. The van der Waals surface area contributed by atoms with Crippen molar-refractivity contribution in [3.8, 4) is 0 Å². The Bertz CT molecular complexity index is 62.0. The summed E-state index contributed by atoms with van der Waals surface area (Å²) >= 11 is 7.96. The Labute approximate surface area is 77.1 Å². The number of thiol groups is 1. The van der Waals surface area contributed by atoms with Crippen molar-refractivity contribution in [3.05, 3.63) is 0 Å². The van der Waals surface area contributed by atoms with Crippen LogP contribution in [-0.2, 0) is 4.74 Å². The summed E-state index contributed by atoms with van der Waals surface area (Å²) in [6, 6.07) is 0. The molecule has 0 aromatic rings. The molecule has 0 heterocycles. The maximum Gasteiger partial charge on any atom is 0.0714 e. The predicted molar refractivity (Wildman–Crippen MR) is 55.2 cm³/mol. The largest absolute Gasteiger partial charge is 0.380 e. The van der Waals surface area contributed by atoms with Crippen molar-refractivity contribution in [2.75, 3.05) is 24.6 Å². The molecular weight excluding hydrogens is 184 g/mol. The topological polar surface area (TPSA) is 9.23 Å². The summed E-state index contributed by atoms with van der Waals surface area (Å²) in [5, 5.41) is 1.10. The van der Waals surface area contributed by atoms with Gasteiger partial charge in [-0.05, 0) is 13.2 Å². The van der Waals surface area contributed by atoms with Crippen LogP contribution in [0.25, 0.3) is 0 Å². The summed E-state index contributed by atoms with van der Waals surface area (Å²) in [7, 11) is 0. The summed E-state index contributed by atoms with van der Waals surface area (Å²) in [6.45, 7) is 3.54. The van der Waals surface area contributed by atoms with E-state index in [2.05, 4.69) is 18.9 Å². The standard InChI is InChI=1S/C6H14OS3/c1-3-7-4-6(8)10-5-9-2/h6,8H,3-5H2,1-2H3. The van der Waals surface area contributed by atoms with Crippen molar-refractivity contribution >= 4 is 36.2 Å². The van der Waals surface area contributed by atoms with Gasteiger partial charge in [-0.25, -0.2) is 0 Å². The highest BCUT2D eigenvalue weighted by molar-refractivity contribution is 8.20. The number of ether oxygens (including phenoxy) is 1. The monoisotopic (exact) mass is 198 g/mol. The first kappa shape index (κ1) is 11.0. The van der Waals surface area contributed by atoms with Crippen LogP contribution >= 0.6 is 36.2 Å². The van der Waals surface area contributed by atoms with Gasteiger partial charge in [0.15, 0.2) is 0 Å². The average molecular weight is 198 g/mol. The van der Waals surface area contributed by atoms with Crippen LogP contribution in [0.2, 0.25) is 0 Å². The van der Waals surface area contributed by atoms with Crippen LogP contribution in [0.1, 0.15) is 6.92 Å². The third-order valence-electron chi connectivity index (χ3n) is 0.843. The second-order valence-corrected chi connectivity index (χ2v) is 5.08. The maximum atomic E-state index is 5.19. The van der Waals surface area contributed by atoms with E-state index >= 15 is 0 Å². The Morgan fingerprint density at radius 1 is 1.60 bits per heavy atom. The first-order valence-electron chi connectivity index (χ1n) is 3.17. The molecule has 0 saturated carbocycles. The average Bonchev–Trinajstić information content (AvgIpc) is 1.97. The Balaban J connectivity index is 3.00. The van der Waals surface area contributed by atoms with Crippen LogP contribution in [0.15, 0.2) is 0 Å². The molecule has 0 aromatic carbocycles. The molecule has 0 fully saturated rings. The summed E-state index contributed by atoms with van der Waals surface area (Å²) in [4.78, 5) is 0. The molecule has 0 rings (SSSR count). The molecule has 0 aliphatic rings. The minimum Gasteiger partial charge on any atom is -0.380 e. The van der Waals surface area contributed by atoms with Gasteiger partial charge in [-0.3, -0.25) is 0 Å². The van der Waals surface area contributed by atoms with E-state index in [0.717, 1.165) is 18.3 Å². The summed E-state index contributed by atoms with van der Waals surface area (Å²) in [5.74, 6) is 0. The van der Waals surface area contributed by atoms with E-state index in [0.29, 0.717) is 4.58 Å². The van der Waals surface area contributed by atoms with Gasteiger partial charge in [-0.2, -0.15) is 24.4 Å². The molecule has 0 N–H and O–H groups in total. The molecular formula is C6H14OS3. The fourth-order valence-corrected chi connectivity index (χ4v) is 2.43.